The van der Waals surface area contributed by atoms with E-state index in [0.29, 0.717) is 31.8 Å². The van der Waals surface area contributed by atoms with Crippen LogP contribution >= 0.6 is 15.9 Å². The average Bonchev–Trinajstić information content (AvgIpc) is 2.69. The van der Waals surface area contributed by atoms with Crippen LogP contribution in [0.1, 0.15) is 18.5 Å². The first-order valence-corrected chi connectivity index (χ1v) is 6.57. The van der Waals surface area contributed by atoms with Gasteiger partial charge in [0.2, 0.25) is 0 Å². The number of hydrogen-bond acceptors (Lipinski definition) is 3. The fourth-order valence-electron chi connectivity index (χ4n) is 2.23. The Labute approximate surface area is 109 Å². The Balaban J connectivity index is 2.25. The number of aromatic nitrogens is 2. The molecule has 1 aromatic rings. The van der Waals surface area contributed by atoms with Crippen molar-refractivity contribution in [1.29, 1.82) is 0 Å². The minimum Gasteiger partial charge on any atom is -0.383 e. The van der Waals surface area contributed by atoms with Crippen molar-refractivity contribution in [3.8, 4) is 0 Å². The Morgan fingerprint density at radius 1 is 1.71 bits per heavy atom. The van der Waals surface area contributed by atoms with Gasteiger partial charge in [0.25, 0.3) is 0 Å². The fraction of sp³-hybridized carbons (Fsp3) is 0.727. The van der Waals surface area contributed by atoms with E-state index < -0.39 is 5.67 Å². The van der Waals surface area contributed by atoms with Crippen LogP contribution in [0.2, 0.25) is 0 Å². The van der Waals surface area contributed by atoms with Crippen molar-refractivity contribution in [3.63, 3.8) is 0 Å². The van der Waals surface area contributed by atoms with Gasteiger partial charge in [-0.1, -0.05) is 0 Å². The molecule has 1 N–H and O–H groups in total. The lowest BCUT2D eigenvalue weighted by Crippen LogP contribution is -2.41. The topological polar surface area (TPSA) is 39.1 Å². The van der Waals surface area contributed by atoms with Crippen LogP contribution in [-0.4, -0.2) is 36.6 Å². The molecule has 0 amide bonds. The van der Waals surface area contributed by atoms with E-state index >= 15 is 0 Å². The summed E-state index contributed by atoms with van der Waals surface area (Å²) in [6, 6.07) is 0. The summed E-state index contributed by atoms with van der Waals surface area (Å²) in [6.07, 6.45) is 3.04. The molecular weight excluding hydrogens is 289 g/mol. The van der Waals surface area contributed by atoms with Crippen LogP contribution in [0.15, 0.2) is 10.7 Å². The SMILES string of the molecule is COCCn1ncc(Br)c1C1(F)CCCNC1. The summed E-state index contributed by atoms with van der Waals surface area (Å²) in [7, 11) is 1.63. The molecule has 0 radical (unpaired) electrons. The molecule has 17 heavy (non-hydrogen) atoms. The lowest BCUT2D eigenvalue weighted by Gasteiger charge is -2.31. The van der Waals surface area contributed by atoms with E-state index in [9.17, 15) is 4.39 Å². The average molecular weight is 306 g/mol. The molecule has 1 unspecified atom stereocenters. The second-order valence-electron chi connectivity index (χ2n) is 4.30. The second-order valence-corrected chi connectivity index (χ2v) is 5.16. The Morgan fingerprint density at radius 2 is 2.53 bits per heavy atom. The lowest BCUT2D eigenvalue weighted by atomic mass is 9.92. The van der Waals surface area contributed by atoms with E-state index in [2.05, 4.69) is 26.3 Å². The van der Waals surface area contributed by atoms with Crippen molar-refractivity contribution in [2.75, 3.05) is 26.8 Å². The van der Waals surface area contributed by atoms with Gasteiger partial charge in [0.1, 0.15) is 0 Å². The van der Waals surface area contributed by atoms with Gasteiger partial charge in [-0.15, -0.1) is 0 Å². The molecule has 4 nitrogen and oxygen atoms in total. The number of methoxy groups -OCH3 is 1. The summed E-state index contributed by atoms with van der Waals surface area (Å²) in [5.41, 5.74) is -0.705. The summed E-state index contributed by atoms with van der Waals surface area (Å²) in [6.45, 7) is 2.34. The van der Waals surface area contributed by atoms with E-state index in [-0.39, 0.29) is 0 Å². The molecule has 1 atom stereocenters. The first-order chi connectivity index (χ1) is 8.17. The van der Waals surface area contributed by atoms with E-state index in [1.165, 1.54) is 0 Å². The van der Waals surface area contributed by atoms with Crippen LogP contribution in [0.25, 0.3) is 0 Å². The normalized spacial score (nSPS) is 25.1. The molecule has 0 aliphatic carbocycles. The van der Waals surface area contributed by atoms with Crippen LogP contribution in [0.4, 0.5) is 4.39 Å². The van der Waals surface area contributed by atoms with Crippen molar-refractivity contribution in [2.24, 2.45) is 0 Å². The van der Waals surface area contributed by atoms with Crippen molar-refractivity contribution in [3.05, 3.63) is 16.4 Å². The molecule has 0 spiro atoms. The van der Waals surface area contributed by atoms with Crippen molar-refractivity contribution in [1.82, 2.24) is 15.1 Å². The minimum atomic E-state index is -1.33. The van der Waals surface area contributed by atoms with Gasteiger partial charge in [0, 0.05) is 13.7 Å². The minimum absolute atomic E-state index is 0.351. The molecule has 1 fully saturated rings. The van der Waals surface area contributed by atoms with E-state index in [1.807, 2.05) is 0 Å². The molecule has 1 aliphatic heterocycles. The molecule has 0 aromatic carbocycles. The predicted octanol–water partition coefficient (Wildman–Crippen LogP) is 1.84. The van der Waals surface area contributed by atoms with E-state index in [1.54, 1.807) is 18.0 Å². The van der Waals surface area contributed by atoms with Crippen molar-refractivity contribution >= 4 is 15.9 Å². The summed E-state index contributed by atoms with van der Waals surface area (Å²) in [5.74, 6) is 0. The van der Waals surface area contributed by atoms with Crippen LogP contribution in [0.5, 0.6) is 0 Å². The van der Waals surface area contributed by atoms with Gasteiger partial charge < -0.3 is 10.1 Å². The smallest absolute Gasteiger partial charge is 0.165 e. The summed E-state index contributed by atoms with van der Waals surface area (Å²) in [4.78, 5) is 0. The number of alkyl halides is 1. The molecule has 1 aromatic heterocycles. The van der Waals surface area contributed by atoms with Gasteiger partial charge >= 0.3 is 0 Å². The first-order valence-electron chi connectivity index (χ1n) is 5.78. The number of halogens is 2. The second kappa shape index (κ2) is 5.46. The maximum atomic E-state index is 14.9. The Morgan fingerprint density at radius 3 is 3.18 bits per heavy atom. The number of nitrogens with one attached hydrogen (secondary N) is 1. The molecule has 0 saturated carbocycles. The number of hydrogen-bond donors (Lipinski definition) is 1. The molecule has 2 heterocycles. The predicted molar refractivity (Wildman–Crippen MR) is 66.7 cm³/mol. The van der Waals surface area contributed by atoms with Crippen molar-refractivity contribution < 1.29 is 9.13 Å². The van der Waals surface area contributed by atoms with Crippen molar-refractivity contribution in [2.45, 2.75) is 25.1 Å². The van der Waals surface area contributed by atoms with E-state index in [4.69, 9.17) is 4.74 Å². The largest absolute Gasteiger partial charge is 0.383 e. The molecule has 1 saturated heterocycles. The number of rotatable bonds is 4. The Hall–Kier alpha value is -0.460. The zero-order chi connectivity index (χ0) is 12.3. The van der Waals surface area contributed by atoms with E-state index in [0.717, 1.165) is 17.4 Å². The van der Waals surface area contributed by atoms with Gasteiger partial charge in [0.15, 0.2) is 5.67 Å². The zero-order valence-electron chi connectivity index (χ0n) is 9.88. The number of nitrogens with zero attached hydrogens (tertiary/aromatic N) is 2. The maximum Gasteiger partial charge on any atom is 0.165 e. The van der Waals surface area contributed by atoms with Crippen LogP contribution in [0, 0.1) is 0 Å². The third-order valence-electron chi connectivity index (χ3n) is 3.06. The van der Waals surface area contributed by atoms with Gasteiger partial charge in [0.05, 0.1) is 29.5 Å². The number of piperidine rings is 1. The highest BCUT2D eigenvalue weighted by Gasteiger charge is 2.38. The third kappa shape index (κ3) is 2.69. The zero-order valence-corrected chi connectivity index (χ0v) is 11.5. The quantitative estimate of drug-likeness (QED) is 0.922. The van der Waals surface area contributed by atoms with Gasteiger partial charge in [-0.3, -0.25) is 4.68 Å². The highest BCUT2D eigenvalue weighted by atomic mass is 79.9. The molecule has 0 bridgehead atoms. The first kappa shape index (κ1) is 13.0. The maximum absolute atomic E-state index is 14.9. The third-order valence-corrected chi connectivity index (χ3v) is 3.64. The molecule has 6 heteroatoms. The summed E-state index contributed by atoms with van der Waals surface area (Å²) < 4.78 is 22.3. The van der Waals surface area contributed by atoms with Gasteiger partial charge in [-0.2, -0.15) is 5.10 Å². The van der Waals surface area contributed by atoms with Crippen LogP contribution < -0.4 is 5.32 Å². The van der Waals surface area contributed by atoms with Crippen LogP contribution in [-0.2, 0) is 17.0 Å². The molecular formula is C11H17BrFN3O. The van der Waals surface area contributed by atoms with Gasteiger partial charge in [-0.05, 0) is 35.3 Å². The standard InChI is InChI=1S/C11H17BrFN3O/c1-17-6-5-16-10(9(12)7-15-16)11(13)3-2-4-14-8-11/h7,14H,2-6,8H2,1H3. The van der Waals surface area contributed by atoms with Gasteiger partial charge in [-0.25, -0.2) is 4.39 Å². The highest BCUT2D eigenvalue weighted by Crippen LogP contribution is 2.36. The Bertz CT molecular complexity index is 377. The monoisotopic (exact) mass is 305 g/mol. The summed E-state index contributed by atoms with van der Waals surface area (Å²) >= 11 is 3.39. The molecule has 2 rings (SSSR count). The molecule has 96 valence electrons. The lowest BCUT2D eigenvalue weighted by molar-refractivity contribution is 0.104. The highest BCUT2D eigenvalue weighted by molar-refractivity contribution is 9.10. The van der Waals surface area contributed by atoms with Crippen LogP contribution in [0.3, 0.4) is 0 Å². The fourth-order valence-corrected chi connectivity index (χ4v) is 2.88. The summed E-state index contributed by atoms with van der Waals surface area (Å²) in [5, 5.41) is 7.30. The Kier molecular flexibility index (Phi) is 4.17. The molecule has 1 aliphatic rings. The number of ether oxygens (including phenoxy) is 1.